The second-order valence-electron chi connectivity index (χ2n) is 3.22. The molecule has 0 spiro atoms. The maximum Gasteiger partial charge on any atom is 0.325 e. The quantitative estimate of drug-likeness (QED) is 0.729. The summed E-state index contributed by atoms with van der Waals surface area (Å²) in [5.74, 6) is -1.07. The molecule has 2 rings (SSSR count). The summed E-state index contributed by atoms with van der Waals surface area (Å²) in [5, 5.41) is 10.00. The highest BCUT2D eigenvalue weighted by atomic mass is 35.5. The molecular weight excluding hydrogens is 216 g/mol. The van der Waals surface area contributed by atoms with E-state index in [0.29, 0.717) is 16.0 Å². The fourth-order valence-corrected chi connectivity index (χ4v) is 1.83. The van der Waals surface area contributed by atoms with Gasteiger partial charge in [-0.25, -0.2) is 0 Å². The van der Waals surface area contributed by atoms with Crippen molar-refractivity contribution in [2.75, 3.05) is 0 Å². The number of nitrogens with two attached hydrogens (primary N) is 1. The van der Waals surface area contributed by atoms with E-state index in [2.05, 4.69) is 4.98 Å². The van der Waals surface area contributed by atoms with Gasteiger partial charge in [-0.3, -0.25) is 4.79 Å². The van der Waals surface area contributed by atoms with Crippen LogP contribution < -0.4 is 5.73 Å². The van der Waals surface area contributed by atoms with Gasteiger partial charge in [0.25, 0.3) is 0 Å². The lowest BCUT2D eigenvalue weighted by molar-refractivity contribution is -0.138. The Balaban J connectivity index is 2.67. The molecule has 0 bridgehead atoms. The number of carboxylic acid groups (broad SMARTS) is 1. The van der Waals surface area contributed by atoms with Crippen molar-refractivity contribution in [1.29, 1.82) is 0 Å². The number of aliphatic carboxylic acids is 1. The number of aromatic nitrogens is 1. The van der Waals surface area contributed by atoms with Crippen LogP contribution in [0.15, 0.2) is 24.4 Å². The molecule has 15 heavy (non-hydrogen) atoms. The fourth-order valence-electron chi connectivity index (χ4n) is 1.54. The van der Waals surface area contributed by atoms with E-state index in [4.69, 9.17) is 22.4 Å². The van der Waals surface area contributed by atoms with Crippen LogP contribution in [0, 0.1) is 0 Å². The molecule has 4 nitrogen and oxygen atoms in total. The summed E-state index contributed by atoms with van der Waals surface area (Å²) in [6.45, 7) is 0. The first-order valence-corrected chi connectivity index (χ1v) is 4.73. The molecule has 1 atom stereocenters. The fraction of sp³-hybridized carbons (Fsp3) is 0.100. The Morgan fingerprint density at radius 3 is 2.93 bits per heavy atom. The number of aromatic amines is 1. The number of rotatable bonds is 2. The van der Waals surface area contributed by atoms with E-state index >= 15 is 0 Å². The second-order valence-corrected chi connectivity index (χ2v) is 3.63. The second kappa shape index (κ2) is 3.56. The molecule has 78 valence electrons. The molecule has 1 aromatic heterocycles. The molecule has 0 saturated carbocycles. The van der Waals surface area contributed by atoms with Gasteiger partial charge in [0, 0.05) is 22.7 Å². The normalized spacial score (nSPS) is 12.9. The minimum atomic E-state index is -1.07. The highest BCUT2D eigenvalue weighted by Crippen LogP contribution is 2.29. The lowest BCUT2D eigenvalue weighted by atomic mass is 10.1. The Labute approximate surface area is 90.7 Å². The Morgan fingerprint density at radius 1 is 1.53 bits per heavy atom. The van der Waals surface area contributed by atoms with Crippen LogP contribution in [-0.2, 0) is 4.79 Å². The molecule has 0 aliphatic heterocycles. The zero-order valence-corrected chi connectivity index (χ0v) is 8.45. The largest absolute Gasteiger partial charge is 0.480 e. The standard InChI is InChI=1S/C10H9ClN2O2/c11-6-2-1-3-7-8(6)5(4-13-7)9(12)10(14)15/h1-4,9,13H,12H2,(H,14,15). The van der Waals surface area contributed by atoms with Crippen molar-refractivity contribution in [3.8, 4) is 0 Å². The molecule has 0 aliphatic rings. The van der Waals surface area contributed by atoms with Crippen molar-refractivity contribution in [1.82, 2.24) is 4.98 Å². The molecular formula is C10H9ClN2O2. The van der Waals surface area contributed by atoms with Crippen LogP contribution in [0.1, 0.15) is 11.6 Å². The van der Waals surface area contributed by atoms with Crippen LogP contribution in [0.5, 0.6) is 0 Å². The van der Waals surface area contributed by atoms with Crippen molar-refractivity contribution < 1.29 is 9.90 Å². The average Bonchev–Trinajstić information content (AvgIpc) is 2.61. The van der Waals surface area contributed by atoms with E-state index in [9.17, 15) is 4.79 Å². The maximum absolute atomic E-state index is 10.8. The first-order chi connectivity index (χ1) is 7.11. The van der Waals surface area contributed by atoms with E-state index in [1.807, 2.05) is 6.07 Å². The zero-order valence-electron chi connectivity index (χ0n) is 7.70. The number of benzene rings is 1. The molecule has 1 unspecified atom stereocenters. The summed E-state index contributed by atoms with van der Waals surface area (Å²) in [7, 11) is 0. The summed E-state index contributed by atoms with van der Waals surface area (Å²) in [6, 6.07) is 4.26. The average molecular weight is 225 g/mol. The smallest absolute Gasteiger partial charge is 0.325 e. The summed E-state index contributed by atoms with van der Waals surface area (Å²) in [4.78, 5) is 13.7. The first-order valence-electron chi connectivity index (χ1n) is 4.35. The molecule has 0 amide bonds. The molecule has 4 N–H and O–H groups in total. The van der Waals surface area contributed by atoms with E-state index in [1.165, 1.54) is 0 Å². The first kappa shape index (κ1) is 10.0. The van der Waals surface area contributed by atoms with Crippen molar-refractivity contribution in [3.63, 3.8) is 0 Å². The Morgan fingerprint density at radius 2 is 2.27 bits per heavy atom. The number of carbonyl (C=O) groups is 1. The summed E-state index contributed by atoms with van der Waals surface area (Å²) < 4.78 is 0. The van der Waals surface area contributed by atoms with Crippen LogP contribution in [-0.4, -0.2) is 16.1 Å². The molecule has 2 aromatic rings. The molecule has 0 fully saturated rings. The topological polar surface area (TPSA) is 79.1 Å². The monoisotopic (exact) mass is 224 g/mol. The Hall–Kier alpha value is -1.52. The van der Waals surface area contributed by atoms with Crippen LogP contribution in [0.4, 0.5) is 0 Å². The van der Waals surface area contributed by atoms with E-state index < -0.39 is 12.0 Å². The van der Waals surface area contributed by atoms with Gasteiger partial charge in [0.1, 0.15) is 6.04 Å². The number of halogens is 1. The lowest BCUT2D eigenvalue weighted by Crippen LogP contribution is -2.20. The summed E-state index contributed by atoms with van der Waals surface area (Å²) >= 11 is 5.98. The third-order valence-electron chi connectivity index (χ3n) is 2.29. The van der Waals surface area contributed by atoms with Gasteiger partial charge in [0.2, 0.25) is 0 Å². The highest BCUT2D eigenvalue weighted by Gasteiger charge is 2.19. The Kier molecular flexibility index (Phi) is 2.38. The van der Waals surface area contributed by atoms with Gasteiger partial charge in [-0.15, -0.1) is 0 Å². The van der Waals surface area contributed by atoms with Gasteiger partial charge in [-0.1, -0.05) is 17.7 Å². The van der Waals surface area contributed by atoms with Crippen LogP contribution in [0.2, 0.25) is 5.02 Å². The van der Waals surface area contributed by atoms with Crippen molar-refractivity contribution in [2.24, 2.45) is 5.73 Å². The molecule has 5 heteroatoms. The lowest BCUT2D eigenvalue weighted by Gasteiger charge is -2.05. The van der Waals surface area contributed by atoms with Crippen LogP contribution in [0.3, 0.4) is 0 Å². The Bertz CT molecular complexity index is 521. The number of carboxylic acids is 1. The number of hydrogen-bond acceptors (Lipinski definition) is 2. The summed E-state index contributed by atoms with van der Waals surface area (Å²) in [5.41, 5.74) is 6.83. The molecule has 0 aliphatic carbocycles. The minimum absolute atomic E-state index is 0.500. The van der Waals surface area contributed by atoms with E-state index in [1.54, 1.807) is 18.3 Å². The number of hydrogen-bond donors (Lipinski definition) is 3. The molecule has 1 aromatic carbocycles. The van der Waals surface area contributed by atoms with Gasteiger partial charge >= 0.3 is 5.97 Å². The summed E-state index contributed by atoms with van der Waals surface area (Å²) in [6.07, 6.45) is 1.58. The van der Waals surface area contributed by atoms with Gasteiger partial charge in [0.05, 0.1) is 5.02 Å². The van der Waals surface area contributed by atoms with E-state index in [-0.39, 0.29) is 0 Å². The minimum Gasteiger partial charge on any atom is -0.480 e. The zero-order chi connectivity index (χ0) is 11.0. The number of H-pyrrole nitrogens is 1. The van der Waals surface area contributed by atoms with Crippen LogP contribution >= 0.6 is 11.6 Å². The number of fused-ring (bicyclic) bond motifs is 1. The molecule has 1 heterocycles. The third kappa shape index (κ3) is 1.58. The van der Waals surface area contributed by atoms with Crippen molar-refractivity contribution in [3.05, 3.63) is 35.0 Å². The molecule has 0 radical (unpaired) electrons. The van der Waals surface area contributed by atoms with Gasteiger partial charge < -0.3 is 15.8 Å². The highest BCUT2D eigenvalue weighted by molar-refractivity contribution is 6.35. The van der Waals surface area contributed by atoms with Crippen molar-refractivity contribution in [2.45, 2.75) is 6.04 Å². The van der Waals surface area contributed by atoms with Gasteiger partial charge in [0.15, 0.2) is 0 Å². The van der Waals surface area contributed by atoms with Gasteiger partial charge in [-0.2, -0.15) is 0 Å². The van der Waals surface area contributed by atoms with Crippen LogP contribution in [0.25, 0.3) is 10.9 Å². The SMILES string of the molecule is NC(C(=O)O)c1c[nH]c2cccc(Cl)c12. The predicted molar refractivity (Wildman–Crippen MR) is 57.9 cm³/mol. The van der Waals surface area contributed by atoms with E-state index in [0.717, 1.165) is 5.52 Å². The third-order valence-corrected chi connectivity index (χ3v) is 2.60. The predicted octanol–water partition coefficient (Wildman–Crippen LogP) is 1.91. The van der Waals surface area contributed by atoms with Gasteiger partial charge in [-0.05, 0) is 12.1 Å². The molecule has 0 saturated heterocycles. The van der Waals surface area contributed by atoms with Crippen molar-refractivity contribution >= 4 is 28.5 Å². The maximum atomic E-state index is 10.8. The number of nitrogens with one attached hydrogen (secondary N) is 1.